The first-order valence-corrected chi connectivity index (χ1v) is 6.04. The molecular weight excluding hydrogens is 198 g/mol. The second-order valence-corrected chi connectivity index (χ2v) is 4.82. The first-order valence-electron chi connectivity index (χ1n) is 6.04. The van der Waals surface area contributed by atoms with E-state index in [4.69, 9.17) is 0 Å². The zero-order valence-electron chi connectivity index (χ0n) is 9.99. The van der Waals surface area contributed by atoms with Gasteiger partial charge in [0, 0.05) is 30.5 Å². The number of carbonyl (C=O) groups is 1. The monoisotopic (exact) mass is 217 g/mol. The molecule has 16 heavy (non-hydrogen) atoms. The number of para-hydroxylation sites is 1. The number of fused-ring (bicyclic) bond motifs is 1. The Labute approximate surface area is 97.1 Å². The molecule has 86 valence electrons. The highest BCUT2D eigenvalue weighted by molar-refractivity contribution is 5.80. The van der Waals surface area contributed by atoms with E-state index in [0.29, 0.717) is 18.1 Å². The third-order valence-electron chi connectivity index (χ3n) is 3.32. The van der Waals surface area contributed by atoms with Gasteiger partial charge in [-0.1, -0.05) is 32.0 Å². The van der Waals surface area contributed by atoms with E-state index in [0.717, 1.165) is 13.0 Å². The predicted molar refractivity (Wildman–Crippen MR) is 66.8 cm³/mol. The predicted octanol–water partition coefficient (Wildman–Crippen LogP) is 3.20. The molecule has 2 rings (SSSR count). The van der Waals surface area contributed by atoms with E-state index >= 15 is 0 Å². The molecule has 1 N–H and O–H groups in total. The van der Waals surface area contributed by atoms with Gasteiger partial charge in [-0.2, -0.15) is 0 Å². The smallest absolute Gasteiger partial charge is 0.135 e. The fraction of sp³-hybridized carbons (Fsp3) is 0.500. The molecule has 1 aromatic carbocycles. The van der Waals surface area contributed by atoms with Crippen LogP contribution in [0, 0.1) is 5.92 Å². The molecule has 1 atom stereocenters. The van der Waals surface area contributed by atoms with Crippen LogP contribution in [0.5, 0.6) is 0 Å². The van der Waals surface area contributed by atoms with Crippen LogP contribution in [-0.4, -0.2) is 12.3 Å². The maximum absolute atomic E-state index is 11.6. The zero-order valence-corrected chi connectivity index (χ0v) is 9.99. The van der Waals surface area contributed by atoms with Gasteiger partial charge in [-0.05, 0) is 18.1 Å². The van der Waals surface area contributed by atoms with Gasteiger partial charge in [0.2, 0.25) is 0 Å². The second-order valence-electron chi connectivity index (χ2n) is 4.82. The number of benzene rings is 1. The lowest BCUT2D eigenvalue weighted by Crippen LogP contribution is -2.10. The second kappa shape index (κ2) is 4.69. The first-order chi connectivity index (χ1) is 7.68. The van der Waals surface area contributed by atoms with Crippen molar-refractivity contribution in [1.82, 2.24) is 0 Å². The van der Waals surface area contributed by atoms with Crippen LogP contribution < -0.4 is 5.32 Å². The fourth-order valence-electron chi connectivity index (χ4n) is 2.22. The van der Waals surface area contributed by atoms with Crippen LogP contribution >= 0.6 is 0 Å². The Morgan fingerprint density at radius 1 is 1.44 bits per heavy atom. The number of carbonyl (C=O) groups excluding carboxylic acids is 1. The Bertz CT molecular complexity index is 384. The Balaban J connectivity index is 1.96. The molecule has 0 saturated heterocycles. The van der Waals surface area contributed by atoms with Crippen molar-refractivity contribution >= 4 is 11.5 Å². The molecule has 0 radical (unpaired) electrons. The summed E-state index contributed by atoms with van der Waals surface area (Å²) < 4.78 is 0. The van der Waals surface area contributed by atoms with Crippen LogP contribution in [0.25, 0.3) is 0 Å². The van der Waals surface area contributed by atoms with Crippen LogP contribution in [0.2, 0.25) is 0 Å². The number of rotatable bonds is 4. The van der Waals surface area contributed by atoms with Crippen molar-refractivity contribution in [3.8, 4) is 0 Å². The average Bonchev–Trinajstić information content (AvgIpc) is 2.69. The number of nitrogens with one attached hydrogen (secondary N) is 1. The molecule has 1 aliphatic rings. The van der Waals surface area contributed by atoms with Gasteiger partial charge >= 0.3 is 0 Å². The van der Waals surface area contributed by atoms with Gasteiger partial charge in [0.1, 0.15) is 5.78 Å². The quantitative estimate of drug-likeness (QED) is 0.839. The standard InChI is InChI=1S/C14H19NO/c1-10(2)14(16)8-7-11-9-15-13-6-4-3-5-12(11)13/h3-6,10-11,15H,7-9H2,1-2H3. The average molecular weight is 217 g/mol. The summed E-state index contributed by atoms with van der Waals surface area (Å²) in [6, 6.07) is 8.40. The molecule has 0 fully saturated rings. The van der Waals surface area contributed by atoms with Gasteiger partial charge in [-0.3, -0.25) is 4.79 Å². The minimum absolute atomic E-state index is 0.171. The molecule has 0 saturated carbocycles. The summed E-state index contributed by atoms with van der Waals surface area (Å²) in [7, 11) is 0. The molecule has 0 amide bonds. The van der Waals surface area contributed by atoms with E-state index in [1.807, 2.05) is 19.9 Å². The highest BCUT2D eigenvalue weighted by Crippen LogP contribution is 2.34. The zero-order chi connectivity index (χ0) is 11.5. The summed E-state index contributed by atoms with van der Waals surface area (Å²) in [6.07, 6.45) is 1.68. The van der Waals surface area contributed by atoms with E-state index < -0.39 is 0 Å². The summed E-state index contributed by atoms with van der Waals surface area (Å²) in [5, 5.41) is 3.39. The number of hydrogen-bond donors (Lipinski definition) is 1. The van der Waals surface area contributed by atoms with Crippen molar-refractivity contribution in [3.63, 3.8) is 0 Å². The molecule has 1 aromatic rings. The van der Waals surface area contributed by atoms with Gasteiger partial charge < -0.3 is 5.32 Å². The number of anilines is 1. The van der Waals surface area contributed by atoms with Gasteiger partial charge in [0.05, 0.1) is 0 Å². The lowest BCUT2D eigenvalue weighted by Gasteiger charge is -2.10. The van der Waals surface area contributed by atoms with E-state index in [1.54, 1.807) is 0 Å². The third kappa shape index (κ3) is 2.26. The Hall–Kier alpha value is -1.31. The van der Waals surface area contributed by atoms with Crippen LogP contribution in [0.4, 0.5) is 5.69 Å². The lowest BCUT2D eigenvalue weighted by atomic mass is 9.93. The highest BCUT2D eigenvalue weighted by atomic mass is 16.1. The van der Waals surface area contributed by atoms with Crippen LogP contribution in [0.15, 0.2) is 24.3 Å². The Morgan fingerprint density at radius 2 is 2.19 bits per heavy atom. The maximum atomic E-state index is 11.6. The molecule has 2 heteroatoms. The van der Waals surface area contributed by atoms with Gasteiger partial charge in [0.25, 0.3) is 0 Å². The molecule has 0 spiro atoms. The van der Waals surface area contributed by atoms with Crippen molar-refractivity contribution < 1.29 is 4.79 Å². The highest BCUT2D eigenvalue weighted by Gasteiger charge is 2.22. The van der Waals surface area contributed by atoms with Crippen molar-refractivity contribution in [2.45, 2.75) is 32.6 Å². The number of ketones is 1. The molecule has 1 heterocycles. The topological polar surface area (TPSA) is 29.1 Å². The number of hydrogen-bond acceptors (Lipinski definition) is 2. The third-order valence-corrected chi connectivity index (χ3v) is 3.32. The summed E-state index contributed by atoms with van der Waals surface area (Å²) in [4.78, 5) is 11.6. The van der Waals surface area contributed by atoms with Crippen molar-refractivity contribution in [1.29, 1.82) is 0 Å². The van der Waals surface area contributed by atoms with E-state index in [-0.39, 0.29) is 5.92 Å². The minimum atomic E-state index is 0.171. The molecule has 0 aromatic heterocycles. The van der Waals surface area contributed by atoms with Gasteiger partial charge in [-0.25, -0.2) is 0 Å². The normalized spacial score (nSPS) is 18.3. The Kier molecular flexibility index (Phi) is 3.28. The van der Waals surface area contributed by atoms with Crippen LogP contribution in [0.1, 0.15) is 38.2 Å². The van der Waals surface area contributed by atoms with Gasteiger partial charge in [0.15, 0.2) is 0 Å². The molecule has 2 nitrogen and oxygen atoms in total. The van der Waals surface area contributed by atoms with Crippen molar-refractivity contribution in [2.24, 2.45) is 5.92 Å². The molecule has 0 bridgehead atoms. The minimum Gasteiger partial charge on any atom is -0.384 e. The van der Waals surface area contributed by atoms with Crippen molar-refractivity contribution in [3.05, 3.63) is 29.8 Å². The van der Waals surface area contributed by atoms with E-state index in [1.165, 1.54) is 11.3 Å². The molecule has 1 aliphatic heterocycles. The molecular formula is C14H19NO. The summed E-state index contributed by atoms with van der Waals surface area (Å²) in [6.45, 7) is 4.93. The molecule has 1 unspecified atom stereocenters. The Morgan fingerprint density at radius 3 is 2.94 bits per heavy atom. The van der Waals surface area contributed by atoms with E-state index in [9.17, 15) is 4.79 Å². The maximum Gasteiger partial charge on any atom is 0.135 e. The van der Waals surface area contributed by atoms with Gasteiger partial charge in [-0.15, -0.1) is 0 Å². The van der Waals surface area contributed by atoms with Crippen LogP contribution in [-0.2, 0) is 4.79 Å². The largest absolute Gasteiger partial charge is 0.384 e. The van der Waals surface area contributed by atoms with Crippen LogP contribution in [0.3, 0.4) is 0 Å². The summed E-state index contributed by atoms with van der Waals surface area (Å²) >= 11 is 0. The van der Waals surface area contributed by atoms with E-state index in [2.05, 4.69) is 23.5 Å². The summed E-state index contributed by atoms with van der Waals surface area (Å²) in [5.41, 5.74) is 2.61. The number of Topliss-reactive ketones (excluding diaryl/α,β-unsaturated/α-hetero) is 1. The SMILES string of the molecule is CC(C)C(=O)CCC1CNc2ccccc21. The first kappa shape index (κ1) is 11.2. The van der Waals surface area contributed by atoms with Crippen molar-refractivity contribution in [2.75, 3.05) is 11.9 Å². The summed E-state index contributed by atoms with van der Waals surface area (Å²) in [5.74, 6) is 1.06. The lowest BCUT2D eigenvalue weighted by molar-refractivity contribution is -0.122. The molecule has 0 aliphatic carbocycles. The fourth-order valence-corrected chi connectivity index (χ4v) is 2.22.